The molecule has 2 aromatic carbocycles. The highest BCUT2D eigenvalue weighted by Gasteiger charge is 2.25. The first-order valence-corrected chi connectivity index (χ1v) is 10.2. The summed E-state index contributed by atoms with van der Waals surface area (Å²) in [5.41, 5.74) is 2.67. The van der Waals surface area contributed by atoms with E-state index >= 15 is 0 Å². The smallest absolute Gasteiger partial charge is 0.265 e. The Balaban J connectivity index is 1.45. The van der Waals surface area contributed by atoms with Crippen molar-refractivity contribution >= 4 is 34.5 Å². The molecule has 0 atom stereocenters. The van der Waals surface area contributed by atoms with Crippen LogP contribution in [0.25, 0.3) is 11.3 Å². The van der Waals surface area contributed by atoms with Crippen LogP contribution < -0.4 is 14.4 Å². The molecule has 0 saturated carbocycles. The Morgan fingerprint density at radius 2 is 2.07 bits per heavy atom. The van der Waals surface area contributed by atoms with Crippen LogP contribution in [0.4, 0.5) is 5.69 Å². The lowest BCUT2D eigenvalue weighted by Crippen LogP contribution is -2.39. The maximum atomic E-state index is 12.4. The van der Waals surface area contributed by atoms with Crippen molar-refractivity contribution in [2.45, 2.75) is 13.3 Å². The standard InChI is InChI=1S/C21H19ClN2O3S/c1-14-23-18(13-28-14)15-3-8-20-19(11-15)24(21(25)12-27-20)9-2-10-26-17-6-4-16(22)5-7-17/h3-8,11,13H,2,9-10,12H2,1H3. The molecule has 0 fully saturated rings. The molecule has 0 aliphatic carbocycles. The van der Waals surface area contributed by atoms with Crippen molar-refractivity contribution in [2.75, 3.05) is 24.7 Å². The van der Waals surface area contributed by atoms with Crippen molar-refractivity contribution in [3.05, 3.63) is 57.9 Å². The van der Waals surface area contributed by atoms with Gasteiger partial charge in [-0.25, -0.2) is 4.98 Å². The summed E-state index contributed by atoms with van der Waals surface area (Å²) < 4.78 is 11.3. The normalized spacial score (nSPS) is 13.2. The molecule has 1 amide bonds. The van der Waals surface area contributed by atoms with Crippen LogP contribution in [0.5, 0.6) is 11.5 Å². The predicted molar refractivity (Wildman–Crippen MR) is 112 cm³/mol. The highest BCUT2D eigenvalue weighted by molar-refractivity contribution is 7.09. The Hall–Kier alpha value is -2.57. The van der Waals surface area contributed by atoms with E-state index in [9.17, 15) is 4.79 Å². The number of ether oxygens (including phenoxy) is 2. The third kappa shape index (κ3) is 4.13. The van der Waals surface area contributed by atoms with E-state index in [1.54, 1.807) is 28.4 Å². The maximum Gasteiger partial charge on any atom is 0.265 e. The molecule has 1 aromatic heterocycles. The number of fused-ring (bicyclic) bond motifs is 1. The van der Waals surface area contributed by atoms with Gasteiger partial charge in [-0.05, 0) is 55.8 Å². The van der Waals surface area contributed by atoms with Crippen LogP contribution in [0.15, 0.2) is 47.8 Å². The molecule has 4 rings (SSSR count). The molecule has 3 aromatic rings. The van der Waals surface area contributed by atoms with Crippen molar-refractivity contribution in [1.29, 1.82) is 0 Å². The topological polar surface area (TPSA) is 51.7 Å². The molecule has 0 spiro atoms. The molecule has 1 aliphatic rings. The second kappa shape index (κ2) is 8.20. The first-order chi connectivity index (χ1) is 13.6. The Labute approximate surface area is 172 Å². The molecular weight excluding hydrogens is 396 g/mol. The van der Waals surface area contributed by atoms with Crippen molar-refractivity contribution in [1.82, 2.24) is 4.98 Å². The van der Waals surface area contributed by atoms with E-state index < -0.39 is 0 Å². The van der Waals surface area contributed by atoms with Crippen LogP contribution in [-0.2, 0) is 4.79 Å². The van der Waals surface area contributed by atoms with Crippen LogP contribution >= 0.6 is 22.9 Å². The number of carbonyl (C=O) groups is 1. The Morgan fingerprint density at radius 3 is 2.82 bits per heavy atom. The van der Waals surface area contributed by atoms with E-state index in [4.69, 9.17) is 21.1 Å². The number of hydrogen-bond acceptors (Lipinski definition) is 5. The molecule has 1 aliphatic heterocycles. The van der Waals surface area contributed by atoms with Gasteiger partial charge in [0.15, 0.2) is 6.61 Å². The Kier molecular flexibility index (Phi) is 5.50. The van der Waals surface area contributed by atoms with E-state index in [1.807, 2.05) is 42.6 Å². The minimum atomic E-state index is -0.0504. The van der Waals surface area contributed by atoms with E-state index in [1.165, 1.54) is 0 Å². The first-order valence-electron chi connectivity index (χ1n) is 8.98. The Bertz CT molecular complexity index is 988. The van der Waals surface area contributed by atoms with Gasteiger partial charge in [-0.15, -0.1) is 11.3 Å². The third-order valence-electron chi connectivity index (χ3n) is 4.43. The monoisotopic (exact) mass is 414 g/mol. The number of anilines is 1. The number of halogens is 1. The van der Waals surface area contributed by atoms with Gasteiger partial charge in [0, 0.05) is 22.5 Å². The van der Waals surface area contributed by atoms with Gasteiger partial charge >= 0.3 is 0 Å². The van der Waals surface area contributed by atoms with Crippen LogP contribution in [0.2, 0.25) is 5.02 Å². The van der Waals surface area contributed by atoms with Gasteiger partial charge in [-0.3, -0.25) is 4.79 Å². The molecule has 0 unspecified atom stereocenters. The van der Waals surface area contributed by atoms with Crippen LogP contribution in [0.1, 0.15) is 11.4 Å². The number of amides is 1. The van der Waals surface area contributed by atoms with Gasteiger partial charge in [0.1, 0.15) is 11.5 Å². The molecule has 2 heterocycles. The molecule has 0 N–H and O–H groups in total. The first kappa shape index (κ1) is 18.8. The molecule has 0 bridgehead atoms. The zero-order valence-electron chi connectivity index (χ0n) is 15.4. The van der Waals surface area contributed by atoms with Crippen LogP contribution in [-0.4, -0.2) is 30.6 Å². The van der Waals surface area contributed by atoms with E-state index in [0.717, 1.165) is 27.7 Å². The molecular formula is C21H19ClN2O3S. The lowest BCUT2D eigenvalue weighted by Gasteiger charge is -2.29. The second-order valence-electron chi connectivity index (χ2n) is 6.42. The summed E-state index contributed by atoms with van der Waals surface area (Å²) in [7, 11) is 0. The number of nitrogens with zero attached hydrogens (tertiary/aromatic N) is 2. The van der Waals surface area contributed by atoms with Gasteiger partial charge in [0.05, 0.1) is 23.0 Å². The highest BCUT2D eigenvalue weighted by Crippen LogP contribution is 2.36. The van der Waals surface area contributed by atoms with Crippen molar-refractivity contribution in [3.63, 3.8) is 0 Å². The lowest BCUT2D eigenvalue weighted by molar-refractivity contribution is -0.121. The number of benzene rings is 2. The summed E-state index contributed by atoms with van der Waals surface area (Å²) in [6, 6.07) is 13.1. The number of thiazole rings is 1. The summed E-state index contributed by atoms with van der Waals surface area (Å²) >= 11 is 7.49. The summed E-state index contributed by atoms with van der Waals surface area (Å²) in [5.74, 6) is 1.43. The summed E-state index contributed by atoms with van der Waals surface area (Å²) in [4.78, 5) is 18.7. The molecule has 5 nitrogen and oxygen atoms in total. The number of aryl methyl sites for hydroxylation is 1. The summed E-state index contributed by atoms with van der Waals surface area (Å²) in [5, 5.41) is 3.71. The Morgan fingerprint density at radius 1 is 1.25 bits per heavy atom. The summed E-state index contributed by atoms with van der Waals surface area (Å²) in [6.45, 7) is 3.10. The molecule has 0 radical (unpaired) electrons. The fraction of sp³-hybridized carbons (Fsp3) is 0.238. The molecule has 0 saturated heterocycles. The van der Waals surface area contributed by atoms with Crippen LogP contribution in [0.3, 0.4) is 0 Å². The van der Waals surface area contributed by atoms with Gasteiger partial charge < -0.3 is 14.4 Å². The van der Waals surface area contributed by atoms with Crippen LogP contribution in [0, 0.1) is 6.92 Å². The maximum absolute atomic E-state index is 12.4. The number of aromatic nitrogens is 1. The number of rotatable bonds is 6. The van der Waals surface area contributed by atoms with Crippen molar-refractivity contribution < 1.29 is 14.3 Å². The third-order valence-corrected chi connectivity index (χ3v) is 5.45. The largest absolute Gasteiger partial charge is 0.494 e. The fourth-order valence-corrected chi connectivity index (χ4v) is 3.79. The predicted octanol–water partition coefficient (Wildman–Crippen LogP) is 4.97. The number of hydrogen-bond donors (Lipinski definition) is 0. The number of carbonyl (C=O) groups excluding carboxylic acids is 1. The fourth-order valence-electron chi connectivity index (χ4n) is 3.05. The SMILES string of the molecule is Cc1nc(-c2ccc3c(c2)N(CCCOc2ccc(Cl)cc2)C(=O)CO3)cs1. The average molecular weight is 415 g/mol. The zero-order valence-corrected chi connectivity index (χ0v) is 16.9. The lowest BCUT2D eigenvalue weighted by atomic mass is 10.1. The van der Waals surface area contributed by atoms with Gasteiger partial charge in [0.25, 0.3) is 5.91 Å². The van der Waals surface area contributed by atoms with E-state index in [-0.39, 0.29) is 12.5 Å². The molecule has 144 valence electrons. The van der Waals surface area contributed by atoms with Crippen molar-refractivity contribution in [3.8, 4) is 22.8 Å². The zero-order chi connectivity index (χ0) is 19.5. The van der Waals surface area contributed by atoms with Crippen molar-refractivity contribution in [2.24, 2.45) is 0 Å². The highest BCUT2D eigenvalue weighted by atomic mass is 35.5. The van der Waals surface area contributed by atoms with E-state index in [0.29, 0.717) is 30.3 Å². The molecule has 28 heavy (non-hydrogen) atoms. The minimum Gasteiger partial charge on any atom is -0.494 e. The second-order valence-corrected chi connectivity index (χ2v) is 7.92. The van der Waals surface area contributed by atoms with Gasteiger partial charge in [0.2, 0.25) is 0 Å². The summed E-state index contributed by atoms with van der Waals surface area (Å²) in [6.07, 6.45) is 0.702. The molecule has 7 heteroatoms. The minimum absolute atomic E-state index is 0.0504. The van der Waals surface area contributed by atoms with E-state index in [2.05, 4.69) is 4.98 Å². The van der Waals surface area contributed by atoms with Gasteiger partial charge in [-0.1, -0.05) is 11.6 Å². The quantitative estimate of drug-likeness (QED) is 0.534. The average Bonchev–Trinajstić information content (AvgIpc) is 3.14. The van der Waals surface area contributed by atoms with Gasteiger partial charge in [-0.2, -0.15) is 0 Å².